The van der Waals surface area contributed by atoms with Crippen LogP contribution in [0.15, 0.2) is 18.2 Å². The van der Waals surface area contributed by atoms with Crippen molar-refractivity contribution in [3.63, 3.8) is 0 Å². The lowest BCUT2D eigenvalue weighted by Crippen LogP contribution is -2.27. The number of nitrogens with one attached hydrogen (secondary N) is 1. The Bertz CT molecular complexity index is 354. The molecule has 0 aliphatic heterocycles. The van der Waals surface area contributed by atoms with Crippen molar-refractivity contribution < 1.29 is 4.39 Å². The Kier molecular flexibility index (Phi) is 4.55. The third kappa shape index (κ3) is 3.81. The van der Waals surface area contributed by atoms with Crippen molar-refractivity contribution in [1.82, 2.24) is 5.32 Å². The van der Waals surface area contributed by atoms with E-state index in [9.17, 15) is 4.39 Å². The zero-order valence-electron chi connectivity index (χ0n) is 10.6. The summed E-state index contributed by atoms with van der Waals surface area (Å²) in [5, 5.41) is 3.56. The molecule has 0 aromatic heterocycles. The summed E-state index contributed by atoms with van der Waals surface area (Å²) in [5.41, 5.74) is 1.78. The molecule has 0 spiro atoms. The van der Waals surface area contributed by atoms with E-state index in [0.717, 1.165) is 17.7 Å². The predicted octanol–water partition coefficient (Wildman–Crippen LogP) is 3.95. The van der Waals surface area contributed by atoms with Gasteiger partial charge in [0, 0.05) is 12.6 Å². The first kappa shape index (κ1) is 12.6. The van der Waals surface area contributed by atoms with E-state index < -0.39 is 0 Å². The maximum Gasteiger partial charge on any atom is 0.126 e. The summed E-state index contributed by atoms with van der Waals surface area (Å²) in [7, 11) is 0. The number of halogens is 1. The lowest BCUT2D eigenvalue weighted by Gasteiger charge is -2.16. The van der Waals surface area contributed by atoms with Crippen molar-refractivity contribution in [3.8, 4) is 0 Å². The number of rotatable bonds is 3. The fourth-order valence-electron chi connectivity index (χ4n) is 2.49. The van der Waals surface area contributed by atoms with Crippen molar-refractivity contribution >= 4 is 0 Å². The minimum absolute atomic E-state index is 0.0924. The minimum Gasteiger partial charge on any atom is -0.310 e. The molecule has 17 heavy (non-hydrogen) atoms. The van der Waals surface area contributed by atoms with Gasteiger partial charge in [-0.25, -0.2) is 4.39 Å². The van der Waals surface area contributed by atoms with E-state index in [1.165, 1.54) is 38.5 Å². The number of hydrogen-bond acceptors (Lipinski definition) is 1. The summed E-state index contributed by atoms with van der Waals surface area (Å²) in [6, 6.07) is 6.16. The summed E-state index contributed by atoms with van der Waals surface area (Å²) in [6.07, 6.45) is 7.96. The van der Waals surface area contributed by atoms with Gasteiger partial charge in [0.05, 0.1) is 0 Å². The van der Waals surface area contributed by atoms with Gasteiger partial charge in [-0.3, -0.25) is 0 Å². The fourth-order valence-corrected chi connectivity index (χ4v) is 2.49. The quantitative estimate of drug-likeness (QED) is 0.782. The molecule has 0 saturated heterocycles. The van der Waals surface area contributed by atoms with Crippen LogP contribution in [-0.2, 0) is 6.54 Å². The molecule has 1 aliphatic carbocycles. The highest BCUT2D eigenvalue weighted by molar-refractivity contribution is 5.23. The Hall–Kier alpha value is -0.890. The van der Waals surface area contributed by atoms with Crippen molar-refractivity contribution in [2.24, 2.45) is 0 Å². The molecule has 0 amide bonds. The topological polar surface area (TPSA) is 12.0 Å². The summed E-state index contributed by atoms with van der Waals surface area (Å²) >= 11 is 0. The van der Waals surface area contributed by atoms with Crippen LogP contribution in [0.5, 0.6) is 0 Å². The highest BCUT2D eigenvalue weighted by Crippen LogP contribution is 2.18. The molecule has 1 nitrogen and oxygen atoms in total. The lowest BCUT2D eigenvalue weighted by molar-refractivity contribution is 0.458. The maximum absolute atomic E-state index is 13.4. The van der Waals surface area contributed by atoms with E-state index in [1.54, 1.807) is 13.0 Å². The summed E-state index contributed by atoms with van der Waals surface area (Å²) in [6.45, 7) is 2.60. The third-order valence-electron chi connectivity index (χ3n) is 3.69. The van der Waals surface area contributed by atoms with Crippen molar-refractivity contribution in [3.05, 3.63) is 35.1 Å². The first-order chi connectivity index (χ1) is 8.25. The third-order valence-corrected chi connectivity index (χ3v) is 3.69. The minimum atomic E-state index is -0.0924. The molecule has 1 N–H and O–H groups in total. The van der Waals surface area contributed by atoms with E-state index in [0.29, 0.717) is 6.04 Å². The molecule has 1 aromatic carbocycles. The SMILES string of the molecule is Cc1ccc(CNC2CCCCCC2)cc1F. The van der Waals surface area contributed by atoms with Crippen LogP contribution in [0.25, 0.3) is 0 Å². The molecule has 0 heterocycles. The zero-order chi connectivity index (χ0) is 12.1. The van der Waals surface area contributed by atoms with Gasteiger partial charge >= 0.3 is 0 Å². The smallest absolute Gasteiger partial charge is 0.126 e. The number of aryl methyl sites for hydroxylation is 1. The average Bonchev–Trinajstić information content (AvgIpc) is 2.59. The molecule has 0 unspecified atom stereocenters. The van der Waals surface area contributed by atoms with Crippen LogP contribution in [-0.4, -0.2) is 6.04 Å². The summed E-state index contributed by atoms with van der Waals surface area (Å²) < 4.78 is 13.4. The van der Waals surface area contributed by atoms with Gasteiger partial charge in [0.15, 0.2) is 0 Å². The second-order valence-corrected chi connectivity index (χ2v) is 5.15. The van der Waals surface area contributed by atoms with Gasteiger partial charge in [-0.2, -0.15) is 0 Å². The summed E-state index contributed by atoms with van der Waals surface area (Å²) in [4.78, 5) is 0. The van der Waals surface area contributed by atoms with E-state index >= 15 is 0 Å². The Balaban J connectivity index is 1.85. The molecule has 0 radical (unpaired) electrons. The van der Waals surface area contributed by atoms with Gasteiger partial charge in [0.1, 0.15) is 5.82 Å². The highest BCUT2D eigenvalue weighted by atomic mass is 19.1. The zero-order valence-corrected chi connectivity index (χ0v) is 10.6. The van der Waals surface area contributed by atoms with Crippen LogP contribution in [0.1, 0.15) is 49.7 Å². The second-order valence-electron chi connectivity index (χ2n) is 5.15. The van der Waals surface area contributed by atoms with Crippen LogP contribution in [0.4, 0.5) is 4.39 Å². The molecule has 1 saturated carbocycles. The van der Waals surface area contributed by atoms with E-state index in [1.807, 2.05) is 12.1 Å². The molecule has 0 atom stereocenters. The highest BCUT2D eigenvalue weighted by Gasteiger charge is 2.11. The molecular formula is C15H22FN. The van der Waals surface area contributed by atoms with Crippen LogP contribution in [0, 0.1) is 12.7 Å². The van der Waals surface area contributed by atoms with E-state index in [-0.39, 0.29) is 5.82 Å². The number of hydrogen-bond donors (Lipinski definition) is 1. The van der Waals surface area contributed by atoms with Crippen molar-refractivity contribution in [2.75, 3.05) is 0 Å². The standard InChI is InChI=1S/C15H22FN/c1-12-8-9-13(10-15(12)16)11-17-14-6-4-2-3-5-7-14/h8-10,14,17H,2-7,11H2,1H3. The maximum atomic E-state index is 13.4. The van der Waals surface area contributed by atoms with Crippen LogP contribution in [0.2, 0.25) is 0 Å². The number of benzene rings is 1. The van der Waals surface area contributed by atoms with Gasteiger partial charge in [0.25, 0.3) is 0 Å². The van der Waals surface area contributed by atoms with Crippen molar-refractivity contribution in [2.45, 2.75) is 58.0 Å². The van der Waals surface area contributed by atoms with E-state index in [4.69, 9.17) is 0 Å². The van der Waals surface area contributed by atoms with Crippen LogP contribution >= 0.6 is 0 Å². The van der Waals surface area contributed by atoms with E-state index in [2.05, 4.69) is 5.32 Å². The molecule has 0 bridgehead atoms. The second kappa shape index (κ2) is 6.15. The first-order valence-electron chi connectivity index (χ1n) is 6.74. The Morgan fingerprint density at radius 1 is 1.18 bits per heavy atom. The molecule has 1 fully saturated rings. The molecule has 2 rings (SSSR count). The monoisotopic (exact) mass is 235 g/mol. The summed E-state index contributed by atoms with van der Waals surface area (Å²) in [5.74, 6) is -0.0924. The predicted molar refractivity (Wildman–Crippen MR) is 69.5 cm³/mol. The van der Waals surface area contributed by atoms with Gasteiger partial charge in [0.2, 0.25) is 0 Å². The molecular weight excluding hydrogens is 213 g/mol. The fraction of sp³-hybridized carbons (Fsp3) is 0.600. The van der Waals surface area contributed by atoms with Gasteiger partial charge < -0.3 is 5.32 Å². The van der Waals surface area contributed by atoms with Crippen molar-refractivity contribution in [1.29, 1.82) is 0 Å². The molecule has 2 heteroatoms. The Morgan fingerprint density at radius 3 is 2.53 bits per heavy atom. The van der Waals surface area contributed by atoms with Gasteiger partial charge in [-0.05, 0) is 37.0 Å². The normalized spacial score (nSPS) is 18.0. The van der Waals surface area contributed by atoms with Crippen LogP contribution < -0.4 is 5.32 Å². The van der Waals surface area contributed by atoms with Crippen LogP contribution in [0.3, 0.4) is 0 Å². The molecule has 1 aromatic rings. The lowest BCUT2D eigenvalue weighted by atomic mass is 10.1. The molecule has 1 aliphatic rings. The first-order valence-corrected chi connectivity index (χ1v) is 6.74. The Labute approximate surface area is 103 Å². The largest absolute Gasteiger partial charge is 0.310 e. The van der Waals surface area contributed by atoms with Gasteiger partial charge in [-0.15, -0.1) is 0 Å². The molecule has 94 valence electrons. The Morgan fingerprint density at radius 2 is 1.88 bits per heavy atom. The average molecular weight is 235 g/mol. The van der Waals surface area contributed by atoms with Gasteiger partial charge in [-0.1, -0.05) is 37.8 Å².